The highest BCUT2D eigenvalue weighted by atomic mass is 16.4. The number of hydrogen-bond acceptors (Lipinski definition) is 1. The topological polar surface area (TPSA) is 37.3 Å². The molecule has 0 fully saturated rings. The molecule has 1 N–H and O–H groups in total. The highest BCUT2D eigenvalue weighted by Crippen LogP contribution is 2.38. The summed E-state index contributed by atoms with van der Waals surface area (Å²) in [6.45, 7) is 5.97. The summed E-state index contributed by atoms with van der Waals surface area (Å²) < 4.78 is 0. The van der Waals surface area contributed by atoms with Crippen LogP contribution in [0.25, 0.3) is 0 Å². The second kappa shape index (κ2) is 2.92. The number of carbonyl (C=O) groups is 1. The monoisotopic (exact) mass is 168 g/mol. The van der Waals surface area contributed by atoms with Crippen molar-refractivity contribution in [3.63, 3.8) is 0 Å². The van der Waals surface area contributed by atoms with Gasteiger partial charge in [-0.2, -0.15) is 0 Å². The summed E-state index contributed by atoms with van der Waals surface area (Å²) >= 11 is 0. The molecule has 12 heavy (non-hydrogen) atoms. The van der Waals surface area contributed by atoms with Crippen molar-refractivity contribution in [3.8, 4) is 0 Å². The Morgan fingerprint density at radius 3 is 2.42 bits per heavy atom. The van der Waals surface area contributed by atoms with Crippen LogP contribution in [0.4, 0.5) is 0 Å². The van der Waals surface area contributed by atoms with Crippen LogP contribution in [0.3, 0.4) is 0 Å². The van der Waals surface area contributed by atoms with Gasteiger partial charge in [0, 0.05) is 0 Å². The van der Waals surface area contributed by atoms with E-state index in [-0.39, 0.29) is 0 Å². The molecule has 1 rings (SSSR count). The molecule has 0 heterocycles. The smallest absolute Gasteiger partial charge is 0.309 e. The first-order valence-electron chi connectivity index (χ1n) is 4.34. The molecule has 0 saturated carbocycles. The quantitative estimate of drug-likeness (QED) is 0.611. The van der Waals surface area contributed by atoms with Crippen molar-refractivity contribution in [2.24, 2.45) is 5.41 Å². The van der Waals surface area contributed by atoms with Gasteiger partial charge in [-0.1, -0.05) is 11.1 Å². The zero-order valence-corrected chi connectivity index (χ0v) is 7.98. The Kier molecular flexibility index (Phi) is 2.27. The van der Waals surface area contributed by atoms with Gasteiger partial charge in [-0.15, -0.1) is 0 Å². The van der Waals surface area contributed by atoms with E-state index in [4.69, 9.17) is 5.11 Å². The summed E-state index contributed by atoms with van der Waals surface area (Å²) in [4.78, 5) is 10.9. The molecule has 0 saturated heterocycles. The molecule has 0 aliphatic heterocycles. The van der Waals surface area contributed by atoms with Crippen molar-refractivity contribution < 1.29 is 9.90 Å². The van der Waals surface area contributed by atoms with Crippen molar-refractivity contribution >= 4 is 5.97 Å². The Balaban J connectivity index is 2.84. The molecule has 2 heteroatoms. The van der Waals surface area contributed by atoms with E-state index >= 15 is 0 Å². The van der Waals surface area contributed by atoms with Gasteiger partial charge in [0.1, 0.15) is 0 Å². The molecular weight excluding hydrogens is 152 g/mol. The van der Waals surface area contributed by atoms with Gasteiger partial charge < -0.3 is 5.11 Å². The van der Waals surface area contributed by atoms with Crippen LogP contribution in [0.2, 0.25) is 0 Å². The molecule has 0 aromatic heterocycles. The van der Waals surface area contributed by atoms with E-state index in [0.29, 0.717) is 6.42 Å². The van der Waals surface area contributed by atoms with E-state index in [0.717, 1.165) is 12.8 Å². The third-order valence-electron chi connectivity index (χ3n) is 2.95. The Labute approximate surface area is 73.3 Å². The fourth-order valence-corrected chi connectivity index (χ4v) is 1.68. The number of carboxylic acid groups (broad SMARTS) is 1. The molecule has 0 aromatic rings. The van der Waals surface area contributed by atoms with Crippen LogP contribution in [-0.4, -0.2) is 11.1 Å². The summed E-state index contributed by atoms with van der Waals surface area (Å²) in [5, 5.41) is 8.98. The Morgan fingerprint density at radius 1 is 1.42 bits per heavy atom. The highest BCUT2D eigenvalue weighted by molar-refractivity contribution is 5.74. The van der Waals surface area contributed by atoms with Gasteiger partial charge in [0.2, 0.25) is 0 Å². The van der Waals surface area contributed by atoms with Crippen molar-refractivity contribution in [1.82, 2.24) is 0 Å². The molecule has 1 aliphatic rings. The van der Waals surface area contributed by atoms with Gasteiger partial charge in [0.05, 0.1) is 5.41 Å². The van der Waals surface area contributed by atoms with Gasteiger partial charge in [0.15, 0.2) is 0 Å². The van der Waals surface area contributed by atoms with Crippen molar-refractivity contribution in [2.75, 3.05) is 0 Å². The van der Waals surface area contributed by atoms with Gasteiger partial charge in [-0.3, -0.25) is 4.79 Å². The minimum absolute atomic E-state index is 0.510. The van der Waals surface area contributed by atoms with Crippen molar-refractivity contribution in [1.29, 1.82) is 0 Å². The zero-order valence-electron chi connectivity index (χ0n) is 7.98. The predicted octanol–water partition coefficient (Wildman–Crippen LogP) is 2.60. The third-order valence-corrected chi connectivity index (χ3v) is 2.95. The second-order valence-corrected chi connectivity index (χ2v) is 4.10. The van der Waals surface area contributed by atoms with Gasteiger partial charge in [0.25, 0.3) is 0 Å². The van der Waals surface area contributed by atoms with Crippen LogP contribution < -0.4 is 0 Å². The van der Waals surface area contributed by atoms with Crippen LogP contribution in [0.5, 0.6) is 0 Å². The first-order chi connectivity index (χ1) is 5.46. The third kappa shape index (κ3) is 1.52. The van der Waals surface area contributed by atoms with Crippen LogP contribution >= 0.6 is 0 Å². The van der Waals surface area contributed by atoms with Crippen molar-refractivity contribution in [3.05, 3.63) is 11.1 Å². The lowest BCUT2D eigenvalue weighted by Gasteiger charge is -2.30. The largest absolute Gasteiger partial charge is 0.481 e. The fourth-order valence-electron chi connectivity index (χ4n) is 1.68. The molecule has 1 atom stereocenters. The van der Waals surface area contributed by atoms with Gasteiger partial charge >= 0.3 is 5.97 Å². The summed E-state index contributed by atoms with van der Waals surface area (Å²) in [6, 6.07) is 0. The maximum atomic E-state index is 10.9. The molecule has 0 amide bonds. The molecule has 1 aliphatic carbocycles. The molecule has 2 nitrogen and oxygen atoms in total. The van der Waals surface area contributed by atoms with Crippen LogP contribution in [0.15, 0.2) is 11.1 Å². The normalized spacial score (nSPS) is 30.6. The predicted molar refractivity (Wildman–Crippen MR) is 48.0 cm³/mol. The van der Waals surface area contributed by atoms with E-state index in [2.05, 4.69) is 6.92 Å². The summed E-state index contributed by atoms with van der Waals surface area (Å²) in [5.74, 6) is -0.658. The van der Waals surface area contributed by atoms with E-state index in [1.54, 1.807) is 0 Å². The summed E-state index contributed by atoms with van der Waals surface area (Å²) in [5.41, 5.74) is 2.11. The maximum Gasteiger partial charge on any atom is 0.309 e. The number of allylic oxidation sites excluding steroid dienone is 2. The lowest BCUT2D eigenvalue weighted by molar-refractivity contribution is -0.148. The standard InChI is InChI=1S/C10H16O2/c1-7-4-5-10(3,9(11)12)6-8(7)2/h4-6H2,1-3H3,(H,11,12). The molecular formula is C10H16O2. The maximum absolute atomic E-state index is 10.9. The molecule has 0 radical (unpaired) electrons. The van der Waals surface area contributed by atoms with Crippen molar-refractivity contribution in [2.45, 2.75) is 40.0 Å². The van der Waals surface area contributed by atoms with E-state index in [1.165, 1.54) is 11.1 Å². The van der Waals surface area contributed by atoms with E-state index < -0.39 is 11.4 Å². The minimum Gasteiger partial charge on any atom is -0.481 e. The van der Waals surface area contributed by atoms with E-state index in [1.807, 2.05) is 13.8 Å². The number of hydrogen-bond donors (Lipinski definition) is 1. The van der Waals surface area contributed by atoms with Crippen LogP contribution in [0.1, 0.15) is 40.0 Å². The molecule has 1 unspecified atom stereocenters. The fraction of sp³-hybridized carbons (Fsp3) is 0.700. The second-order valence-electron chi connectivity index (χ2n) is 4.10. The molecule has 68 valence electrons. The average Bonchev–Trinajstić information content (AvgIpc) is 1.97. The lowest BCUT2D eigenvalue weighted by Crippen LogP contribution is -2.30. The summed E-state index contributed by atoms with van der Waals surface area (Å²) in [6.07, 6.45) is 2.44. The molecule has 0 bridgehead atoms. The highest BCUT2D eigenvalue weighted by Gasteiger charge is 2.35. The Morgan fingerprint density at radius 2 is 2.00 bits per heavy atom. The molecule has 0 spiro atoms. The number of rotatable bonds is 1. The Bertz CT molecular complexity index is 240. The lowest BCUT2D eigenvalue weighted by atomic mass is 9.74. The van der Waals surface area contributed by atoms with Crippen LogP contribution in [-0.2, 0) is 4.79 Å². The van der Waals surface area contributed by atoms with Gasteiger partial charge in [-0.25, -0.2) is 0 Å². The first-order valence-corrected chi connectivity index (χ1v) is 4.34. The van der Waals surface area contributed by atoms with Gasteiger partial charge in [-0.05, 0) is 40.0 Å². The number of carboxylic acids is 1. The van der Waals surface area contributed by atoms with E-state index in [9.17, 15) is 4.79 Å². The first kappa shape index (κ1) is 9.30. The average molecular weight is 168 g/mol. The SMILES string of the molecule is CC1=C(C)CC(C)(C(=O)O)CC1. The zero-order chi connectivity index (χ0) is 9.35. The Hall–Kier alpha value is -0.790. The minimum atomic E-state index is -0.658. The van der Waals surface area contributed by atoms with Crippen LogP contribution in [0, 0.1) is 5.41 Å². The summed E-state index contributed by atoms with van der Waals surface area (Å²) in [7, 11) is 0. The number of aliphatic carboxylic acids is 1. The molecule has 0 aromatic carbocycles.